The van der Waals surface area contributed by atoms with E-state index in [4.69, 9.17) is 0 Å². The average Bonchev–Trinajstić information content (AvgIpc) is 3.40. The van der Waals surface area contributed by atoms with Gasteiger partial charge in [-0.25, -0.2) is 9.49 Å². The Morgan fingerprint density at radius 1 is 0.925 bits per heavy atom. The fourth-order valence-electron chi connectivity index (χ4n) is 4.58. The Labute approximate surface area is 228 Å². The summed E-state index contributed by atoms with van der Waals surface area (Å²) in [6, 6.07) is 24.6. The van der Waals surface area contributed by atoms with Crippen molar-refractivity contribution in [1.82, 2.24) is 25.3 Å². The molecule has 0 radical (unpaired) electrons. The first-order chi connectivity index (χ1) is 19.4. The number of H-pyrrole nitrogens is 1. The largest absolute Gasteiger partial charge is 0.338 e. The van der Waals surface area contributed by atoms with Crippen molar-refractivity contribution >= 4 is 17.5 Å². The molecule has 2 amide bonds. The summed E-state index contributed by atoms with van der Waals surface area (Å²) in [4.78, 5) is 38.8. The molecule has 1 atom stereocenters. The van der Waals surface area contributed by atoms with Crippen molar-refractivity contribution in [3.05, 3.63) is 136 Å². The Bertz CT molecular complexity index is 1660. The van der Waals surface area contributed by atoms with Crippen molar-refractivity contribution in [1.29, 1.82) is 0 Å². The van der Waals surface area contributed by atoms with E-state index < -0.39 is 35.2 Å². The van der Waals surface area contributed by atoms with E-state index in [-0.39, 0.29) is 16.9 Å². The highest BCUT2D eigenvalue weighted by Gasteiger charge is 2.33. The number of amides is 2. The fraction of sp³-hybridized carbons (Fsp3) is 0.100. The van der Waals surface area contributed by atoms with Crippen molar-refractivity contribution in [2.75, 3.05) is 5.32 Å². The zero-order valence-corrected chi connectivity index (χ0v) is 21.4. The lowest BCUT2D eigenvalue weighted by molar-refractivity contribution is -0.118. The monoisotopic (exact) mass is 536 g/mol. The lowest BCUT2D eigenvalue weighted by Crippen LogP contribution is -2.48. The molecule has 200 valence electrons. The number of carbonyl (C=O) groups is 2. The minimum absolute atomic E-state index is 0.157. The van der Waals surface area contributed by atoms with E-state index in [1.54, 1.807) is 13.1 Å². The van der Waals surface area contributed by atoms with E-state index in [2.05, 4.69) is 25.9 Å². The number of carbonyl (C=O) groups excluding carboxylic acids is 2. The first kappa shape index (κ1) is 26.2. The summed E-state index contributed by atoms with van der Waals surface area (Å²) < 4.78 is 16.5. The van der Waals surface area contributed by atoms with Crippen molar-refractivity contribution in [3.63, 3.8) is 0 Å². The maximum absolute atomic E-state index is 15.1. The van der Waals surface area contributed by atoms with Crippen LogP contribution in [0.3, 0.4) is 0 Å². The zero-order chi connectivity index (χ0) is 28.1. The molecule has 3 N–H and O–H groups in total. The molecule has 0 aliphatic rings. The van der Waals surface area contributed by atoms with Crippen LogP contribution in [-0.4, -0.2) is 37.8 Å². The molecule has 0 spiro atoms. The third-order valence-electron chi connectivity index (χ3n) is 6.49. The van der Waals surface area contributed by atoms with Gasteiger partial charge in [-0.3, -0.25) is 19.1 Å². The first-order valence-corrected chi connectivity index (χ1v) is 12.4. The Morgan fingerprint density at radius 3 is 2.17 bits per heavy atom. The number of aryl methyl sites for hydroxylation is 1. The van der Waals surface area contributed by atoms with Crippen LogP contribution in [0.4, 0.5) is 10.1 Å². The van der Waals surface area contributed by atoms with Crippen LogP contribution >= 0.6 is 0 Å². The number of aromatic nitrogens is 4. The van der Waals surface area contributed by atoms with Gasteiger partial charge in [0.25, 0.3) is 11.5 Å². The van der Waals surface area contributed by atoms with Crippen LogP contribution in [0.2, 0.25) is 0 Å². The van der Waals surface area contributed by atoms with E-state index >= 15 is 4.39 Å². The highest BCUT2D eigenvalue weighted by molar-refractivity contribution is 6.01. The molecule has 0 saturated carbocycles. The summed E-state index contributed by atoms with van der Waals surface area (Å²) >= 11 is 0. The van der Waals surface area contributed by atoms with Gasteiger partial charge >= 0.3 is 0 Å². The fourth-order valence-corrected chi connectivity index (χ4v) is 4.58. The molecule has 0 aliphatic heterocycles. The van der Waals surface area contributed by atoms with Gasteiger partial charge in [0.2, 0.25) is 5.91 Å². The van der Waals surface area contributed by atoms with Gasteiger partial charge in [0.05, 0.1) is 6.20 Å². The number of hydrogen-bond acceptors (Lipinski definition) is 5. The highest BCUT2D eigenvalue weighted by atomic mass is 19.1. The third-order valence-corrected chi connectivity index (χ3v) is 6.49. The number of nitrogens with zero attached hydrogens (tertiary/aromatic N) is 3. The van der Waals surface area contributed by atoms with Gasteiger partial charge in [0, 0.05) is 42.0 Å². The number of halogens is 1. The summed E-state index contributed by atoms with van der Waals surface area (Å²) in [6.45, 7) is 0. The smallest absolute Gasteiger partial charge is 0.270 e. The normalized spacial score (nSPS) is 11.7. The number of hydrogen-bond donors (Lipinski definition) is 3. The van der Waals surface area contributed by atoms with E-state index in [0.29, 0.717) is 5.56 Å². The zero-order valence-electron chi connectivity index (χ0n) is 21.4. The molecule has 0 fully saturated rings. The molecular weight excluding hydrogens is 511 g/mol. The molecule has 40 heavy (non-hydrogen) atoms. The van der Waals surface area contributed by atoms with E-state index in [9.17, 15) is 14.4 Å². The number of rotatable bonds is 8. The topological polar surface area (TPSA) is 122 Å². The molecule has 3 aromatic carbocycles. The SMILES string of the molecule is Cn1nccc1C(=O)NC(C(=O)Nc1ccc(-c2cn[nH]c(=O)c2)c(F)c1)C(c1ccccc1)c1ccccc1. The molecule has 2 heterocycles. The number of benzene rings is 3. The first-order valence-electron chi connectivity index (χ1n) is 12.4. The third kappa shape index (κ3) is 5.70. The highest BCUT2D eigenvalue weighted by Crippen LogP contribution is 2.30. The standard InChI is InChI=1S/C30H25FN6O3/c1-37-25(14-15-33-37)29(39)35-28(27(19-8-4-2-5-9-19)20-10-6-3-7-11-20)30(40)34-22-12-13-23(24(31)17-22)21-16-26(38)36-32-18-21/h2-18,27-28H,1H3,(H,34,40)(H,35,39)(H,36,38). The maximum atomic E-state index is 15.1. The van der Waals surface area contributed by atoms with E-state index in [0.717, 1.165) is 17.2 Å². The van der Waals surface area contributed by atoms with E-state index in [1.807, 2.05) is 60.7 Å². The summed E-state index contributed by atoms with van der Waals surface area (Å²) in [7, 11) is 1.64. The van der Waals surface area contributed by atoms with Crippen molar-refractivity contribution in [2.45, 2.75) is 12.0 Å². The lowest BCUT2D eigenvalue weighted by atomic mass is 9.84. The summed E-state index contributed by atoms with van der Waals surface area (Å²) in [6.07, 6.45) is 2.84. The van der Waals surface area contributed by atoms with Gasteiger partial charge in [0.1, 0.15) is 17.6 Å². The Hall–Kier alpha value is -5.38. The molecule has 5 aromatic rings. The van der Waals surface area contributed by atoms with Crippen LogP contribution in [0.1, 0.15) is 27.5 Å². The second-order valence-corrected chi connectivity index (χ2v) is 9.11. The van der Waals surface area contributed by atoms with Gasteiger partial charge in [-0.2, -0.15) is 10.2 Å². The van der Waals surface area contributed by atoms with E-state index in [1.165, 1.54) is 35.3 Å². The summed E-state index contributed by atoms with van der Waals surface area (Å²) in [5.41, 5.74) is 2.07. The number of anilines is 1. The van der Waals surface area contributed by atoms with Crippen molar-refractivity contribution in [3.8, 4) is 11.1 Å². The van der Waals surface area contributed by atoms with Crippen LogP contribution in [0.15, 0.2) is 108 Å². The molecule has 0 aliphatic carbocycles. The van der Waals surface area contributed by atoms with Gasteiger partial charge in [0.15, 0.2) is 0 Å². The minimum atomic E-state index is -1.08. The predicted octanol–water partition coefficient (Wildman–Crippen LogP) is 3.88. The second-order valence-electron chi connectivity index (χ2n) is 9.11. The van der Waals surface area contributed by atoms with Gasteiger partial charge in [-0.15, -0.1) is 0 Å². The van der Waals surface area contributed by atoms with Gasteiger partial charge in [-0.05, 0) is 35.4 Å². The maximum Gasteiger partial charge on any atom is 0.270 e. The number of nitrogens with one attached hydrogen (secondary N) is 3. The van der Waals surface area contributed by atoms with Crippen molar-refractivity contribution < 1.29 is 14.0 Å². The molecule has 0 bridgehead atoms. The Morgan fingerprint density at radius 2 is 1.60 bits per heavy atom. The quantitative estimate of drug-likeness (QED) is 0.278. The van der Waals surface area contributed by atoms with Crippen LogP contribution in [0, 0.1) is 5.82 Å². The second kappa shape index (κ2) is 11.6. The summed E-state index contributed by atoms with van der Waals surface area (Å²) in [5, 5.41) is 15.7. The minimum Gasteiger partial charge on any atom is -0.338 e. The van der Waals surface area contributed by atoms with Crippen molar-refractivity contribution in [2.24, 2.45) is 7.05 Å². The van der Waals surface area contributed by atoms with Gasteiger partial charge in [-0.1, -0.05) is 60.7 Å². The van der Waals surface area contributed by atoms with Crippen LogP contribution in [0.5, 0.6) is 0 Å². The molecule has 10 heteroatoms. The van der Waals surface area contributed by atoms with Crippen LogP contribution < -0.4 is 16.2 Å². The Balaban J connectivity index is 1.51. The van der Waals surface area contributed by atoms with Crippen LogP contribution in [-0.2, 0) is 11.8 Å². The van der Waals surface area contributed by atoms with Gasteiger partial charge < -0.3 is 10.6 Å². The molecule has 0 saturated heterocycles. The average molecular weight is 537 g/mol. The van der Waals surface area contributed by atoms with Crippen LogP contribution in [0.25, 0.3) is 11.1 Å². The predicted molar refractivity (Wildman–Crippen MR) is 148 cm³/mol. The molecule has 9 nitrogen and oxygen atoms in total. The number of aromatic amines is 1. The molecule has 5 rings (SSSR count). The molecule has 1 unspecified atom stereocenters. The Kier molecular flexibility index (Phi) is 7.58. The molecule has 2 aromatic heterocycles. The molecular formula is C30H25FN6O3. The lowest BCUT2D eigenvalue weighted by Gasteiger charge is -2.28. The summed E-state index contributed by atoms with van der Waals surface area (Å²) in [5.74, 6) is -2.24.